The molecule has 1 aromatic heterocycles. The van der Waals surface area contributed by atoms with E-state index in [0.717, 1.165) is 30.7 Å². The van der Waals surface area contributed by atoms with Crippen molar-refractivity contribution in [2.45, 2.75) is 18.9 Å². The highest BCUT2D eigenvalue weighted by Gasteiger charge is 2.28. The van der Waals surface area contributed by atoms with Gasteiger partial charge in [0.25, 0.3) is 5.91 Å². The highest BCUT2D eigenvalue weighted by molar-refractivity contribution is 7.20. The SMILES string of the molecule is CN1CCCC1C(=O)Nc1cc(C(N)=O)c(NC(N)=O)s1. The molecule has 0 aliphatic carbocycles. The number of amides is 4. The molecule has 1 aliphatic rings. The van der Waals surface area contributed by atoms with Crippen LogP contribution in [0.1, 0.15) is 23.2 Å². The van der Waals surface area contributed by atoms with Gasteiger partial charge < -0.3 is 16.8 Å². The van der Waals surface area contributed by atoms with Gasteiger partial charge in [-0.1, -0.05) is 11.3 Å². The second-order valence-corrected chi connectivity index (χ2v) is 5.89. The van der Waals surface area contributed by atoms with Crippen LogP contribution < -0.4 is 22.1 Å². The van der Waals surface area contributed by atoms with Crippen LogP contribution in [0.25, 0.3) is 0 Å². The summed E-state index contributed by atoms with van der Waals surface area (Å²) < 4.78 is 0. The fourth-order valence-corrected chi connectivity index (χ4v) is 3.26. The zero-order valence-corrected chi connectivity index (χ0v) is 12.3. The third-order valence-electron chi connectivity index (χ3n) is 3.30. The lowest BCUT2D eigenvalue weighted by Crippen LogP contribution is -2.36. The van der Waals surface area contributed by atoms with E-state index in [1.807, 2.05) is 11.9 Å². The van der Waals surface area contributed by atoms with Crippen molar-refractivity contribution in [2.75, 3.05) is 24.2 Å². The van der Waals surface area contributed by atoms with Crippen LogP contribution in [0.15, 0.2) is 6.07 Å². The van der Waals surface area contributed by atoms with Gasteiger partial charge in [0.05, 0.1) is 16.6 Å². The Hall–Kier alpha value is -2.13. The van der Waals surface area contributed by atoms with Gasteiger partial charge in [0, 0.05) is 0 Å². The molecule has 6 N–H and O–H groups in total. The molecule has 1 aromatic rings. The fraction of sp³-hybridized carbons (Fsp3) is 0.417. The Morgan fingerprint density at radius 3 is 2.57 bits per heavy atom. The van der Waals surface area contributed by atoms with Crippen LogP contribution in [0, 0.1) is 0 Å². The minimum atomic E-state index is -0.798. The third-order valence-corrected chi connectivity index (χ3v) is 4.27. The number of urea groups is 1. The van der Waals surface area contributed by atoms with Crippen LogP contribution in [0.2, 0.25) is 0 Å². The maximum absolute atomic E-state index is 12.2. The minimum absolute atomic E-state index is 0.119. The summed E-state index contributed by atoms with van der Waals surface area (Å²) in [7, 11) is 1.89. The summed E-state index contributed by atoms with van der Waals surface area (Å²) in [6.07, 6.45) is 1.77. The van der Waals surface area contributed by atoms with Gasteiger partial charge in [0.1, 0.15) is 5.00 Å². The zero-order chi connectivity index (χ0) is 15.6. The largest absolute Gasteiger partial charge is 0.366 e. The second kappa shape index (κ2) is 6.10. The van der Waals surface area contributed by atoms with Gasteiger partial charge in [-0.05, 0) is 32.5 Å². The number of thiophene rings is 1. The summed E-state index contributed by atoms with van der Waals surface area (Å²) in [5.74, 6) is -0.841. The van der Waals surface area contributed by atoms with Crippen molar-refractivity contribution >= 4 is 39.2 Å². The van der Waals surface area contributed by atoms with Crippen LogP contribution >= 0.6 is 11.3 Å². The van der Waals surface area contributed by atoms with Gasteiger partial charge in [-0.25, -0.2) is 4.79 Å². The van der Waals surface area contributed by atoms with Crippen LogP contribution in [-0.2, 0) is 4.79 Å². The smallest absolute Gasteiger partial charge is 0.317 e. The summed E-state index contributed by atoms with van der Waals surface area (Å²) in [5.41, 5.74) is 10.4. The Bertz CT molecular complexity index is 585. The summed E-state index contributed by atoms with van der Waals surface area (Å²) in [5, 5.41) is 5.73. The van der Waals surface area contributed by atoms with E-state index in [0.29, 0.717) is 5.00 Å². The number of rotatable bonds is 4. The van der Waals surface area contributed by atoms with E-state index in [4.69, 9.17) is 11.5 Å². The van der Waals surface area contributed by atoms with E-state index in [1.165, 1.54) is 6.07 Å². The summed E-state index contributed by atoms with van der Waals surface area (Å²) in [4.78, 5) is 36.4. The summed E-state index contributed by atoms with van der Waals surface area (Å²) in [6.45, 7) is 0.879. The molecule has 8 nitrogen and oxygen atoms in total. The van der Waals surface area contributed by atoms with Crippen LogP contribution in [0.4, 0.5) is 14.8 Å². The minimum Gasteiger partial charge on any atom is -0.366 e. The molecule has 0 radical (unpaired) electrons. The topological polar surface area (TPSA) is 131 Å². The molecule has 0 bridgehead atoms. The van der Waals surface area contributed by atoms with Crippen LogP contribution in [0.5, 0.6) is 0 Å². The van der Waals surface area contributed by atoms with Gasteiger partial charge in [-0.3, -0.25) is 19.8 Å². The molecule has 2 heterocycles. The maximum atomic E-state index is 12.2. The first-order valence-corrected chi connectivity index (χ1v) is 7.21. The molecule has 1 atom stereocenters. The molecular weight excluding hydrogens is 294 g/mol. The number of hydrogen-bond donors (Lipinski definition) is 4. The fourth-order valence-electron chi connectivity index (χ4n) is 2.29. The van der Waals surface area contributed by atoms with E-state index in [1.54, 1.807) is 0 Å². The first-order chi connectivity index (χ1) is 9.88. The Kier molecular flexibility index (Phi) is 4.43. The molecule has 0 aromatic carbocycles. The number of nitrogens with zero attached hydrogens (tertiary/aromatic N) is 1. The number of nitrogens with two attached hydrogens (primary N) is 2. The summed E-state index contributed by atoms with van der Waals surface area (Å²) >= 11 is 1.04. The number of carbonyl (C=O) groups is 3. The van der Waals surface area contributed by atoms with E-state index >= 15 is 0 Å². The molecule has 9 heteroatoms. The predicted octanol–water partition coefficient (Wildman–Crippen LogP) is 0.370. The van der Waals surface area contributed by atoms with Gasteiger partial charge in [0.15, 0.2) is 0 Å². The van der Waals surface area contributed by atoms with Crippen molar-refractivity contribution < 1.29 is 14.4 Å². The maximum Gasteiger partial charge on any atom is 0.317 e. The van der Waals surface area contributed by atoms with E-state index in [-0.39, 0.29) is 22.5 Å². The normalized spacial score (nSPS) is 18.4. The molecule has 0 saturated carbocycles. The van der Waals surface area contributed by atoms with E-state index < -0.39 is 11.9 Å². The number of likely N-dealkylation sites (tertiary alicyclic amines) is 1. The lowest BCUT2D eigenvalue weighted by Gasteiger charge is -2.17. The molecule has 1 saturated heterocycles. The highest BCUT2D eigenvalue weighted by Crippen LogP contribution is 2.32. The zero-order valence-electron chi connectivity index (χ0n) is 11.5. The Balaban J connectivity index is 2.14. The predicted molar refractivity (Wildman–Crippen MR) is 80.3 cm³/mol. The molecule has 1 unspecified atom stereocenters. The van der Waals surface area contributed by atoms with Crippen LogP contribution in [-0.4, -0.2) is 42.4 Å². The first-order valence-electron chi connectivity index (χ1n) is 6.39. The molecule has 114 valence electrons. The highest BCUT2D eigenvalue weighted by atomic mass is 32.1. The lowest BCUT2D eigenvalue weighted by molar-refractivity contribution is -0.119. The molecule has 0 spiro atoms. The number of likely N-dealkylation sites (N-methyl/N-ethyl adjacent to an activating group) is 1. The quantitative estimate of drug-likeness (QED) is 0.640. The van der Waals surface area contributed by atoms with Gasteiger partial charge in [-0.2, -0.15) is 0 Å². The van der Waals surface area contributed by atoms with Crippen molar-refractivity contribution in [1.29, 1.82) is 0 Å². The van der Waals surface area contributed by atoms with Gasteiger partial charge >= 0.3 is 6.03 Å². The van der Waals surface area contributed by atoms with E-state index in [2.05, 4.69) is 10.6 Å². The number of primary amides is 2. The standard InChI is InChI=1S/C12H17N5O3S/c1-17-4-2-3-7(17)10(19)15-8-5-6(9(13)18)11(21-8)16-12(14)20/h5,7H,2-4H2,1H3,(H2,13,18)(H,15,19)(H3,14,16,20). The third kappa shape index (κ3) is 3.50. The first kappa shape index (κ1) is 15.3. The number of hydrogen-bond acceptors (Lipinski definition) is 5. The molecule has 4 amide bonds. The van der Waals surface area contributed by atoms with Crippen LogP contribution in [0.3, 0.4) is 0 Å². The monoisotopic (exact) mass is 311 g/mol. The van der Waals surface area contributed by atoms with Crippen molar-refractivity contribution in [3.63, 3.8) is 0 Å². The number of nitrogens with one attached hydrogen (secondary N) is 2. The molecule has 2 rings (SSSR count). The molecule has 1 aliphatic heterocycles. The van der Waals surface area contributed by atoms with E-state index in [9.17, 15) is 14.4 Å². The molecule has 1 fully saturated rings. The Morgan fingerprint density at radius 2 is 2.05 bits per heavy atom. The second-order valence-electron chi connectivity index (χ2n) is 4.83. The Morgan fingerprint density at radius 1 is 1.33 bits per heavy atom. The number of carbonyl (C=O) groups excluding carboxylic acids is 3. The van der Waals surface area contributed by atoms with Crippen molar-refractivity contribution in [3.05, 3.63) is 11.6 Å². The Labute approximate surface area is 125 Å². The average molecular weight is 311 g/mol. The molecule has 21 heavy (non-hydrogen) atoms. The molecular formula is C12H17N5O3S. The van der Waals surface area contributed by atoms with Crippen molar-refractivity contribution in [2.24, 2.45) is 11.5 Å². The van der Waals surface area contributed by atoms with Crippen molar-refractivity contribution in [1.82, 2.24) is 4.90 Å². The number of anilines is 2. The van der Waals surface area contributed by atoms with Gasteiger partial charge in [0.2, 0.25) is 5.91 Å². The summed E-state index contributed by atoms with van der Waals surface area (Å²) in [6, 6.07) is 0.454. The van der Waals surface area contributed by atoms with Gasteiger partial charge in [-0.15, -0.1) is 0 Å². The lowest BCUT2D eigenvalue weighted by atomic mass is 10.2. The van der Waals surface area contributed by atoms with Crippen molar-refractivity contribution in [3.8, 4) is 0 Å². The average Bonchev–Trinajstić information content (AvgIpc) is 2.95.